The number of aromatic nitrogens is 1. The minimum Gasteiger partial charge on any atom is -0.486 e. The molecule has 1 aromatic heterocycles. The van der Waals surface area contributed by atoms with Gasteiger partial charge in [0.2, 0.25) is 0 Å². The van der Waals surface area contributed by atoms with Crippen molar-refractivity contribution < 1.29 is 9.84 Å². The van der Waals surface area contributed by atoms with E-state index in [-0.39, 0.29) is 6.10 Å². The lowest BCUT2D eigenvalue weighted by molar-refractivity contribution is 0.0613. The maximum absolute atomic E-state index is 9.46. The number of pyridine rings is 1. The summed E-state index contributed by atoms with van der Waals surface area (Å²) in [4.78, 5) is 4.48. The summed E-state index contributed by atoms with van der Waals surface area (Å²) in [7, 11) is 0. The van der Waals surface area contributed by atoms with Crippen LogP contribution in [-0.2, 0) is 0 Å². The molecular formula is C14H17NO2. The van der Waals surface area contributed by atoms with Crippen LogP contribution in [0.1, 0.15) is 19.5 Å². The molecule has 3 heteroatoms. The molecule has 2 atom stereocenters. The van der Waals surface area contributed by atoms with Crippen LogP contribution in [0.3, 0.4) is 0 Å². The number of aryl methyl sites for hydroxylation is 1. The van der Waals surface area contributed by atoms with Crippen molar-refractivity contribution in [1.29, 1.82) is 0 Å². The van der Waals surface area contributed by atoms with Crippen LogP contribution in [0.5, 0.6) is 5.75 Å². The van der Waals surface area contributed by atoms with E-state index in [9.17, 15) is 5.11 Å². The Balaban J connectivity index is 2.43. The van der Waals surface area contributed by atoms with Crippen LogP contribution in [0.25, 0.3) is 10.9 Å². The molecule has 0 fully saturated rings. The van der Waals surface area contributed by atoms with Gasteiger partial charge in [-0.25, -0.2) is 4.98 Å². The first kappa shape index (κ1) is 11.9. The first-order valence-corrected chi connectivity index (χ1v) is 5.79. The van der Waals surface area contributed by atoms with E-state index in [1.54, 1.807) is 6.92 Å². The largest absolute Gasteiger partial charge is 0.486 e. The summed E-state index contributed by atoms with van der Waals surface area (Å²) in [5.74, 6) is 0.722. The highest BCUT2D eigenvalue weighted by atomic mass is 16.5. The second-order valence-electron chi connectivity index (χ2n) is 4.34. The first-order valence-electron chi connectivity index (χ1n) is 5.79. The quantitative estimate of drug-likeness (QED) is 0.883. The molecule has 90 valence electrons. The minimum absolute atomic E-state index is 0.247. The summed E-state index contributed by atoms with van der Waals surface area (Å²) in [6, 6.07) is 9.82. The topological polar surface area (TPSA) is 42.4 Å². The zero-order valence-corrected chi connectivity index (χ0v) is 10.3. The number of para-hydroxylation sites is 1. The van der Waals surface area contributed by atoms with Crippen molar-refractivity contribution >= 4 is 10.9 Å². The third-order valence-corrected chi connectivity index (χ3v) is 2.81. The molecule has 1 heterocycles. The van der Waals surface area contributed by atoms with Crippen molar-refractivity contribution in [3.8, 4) is 5.75 Å². The third kappa shape index (κ3) is 2.56. The highest BCUT2D eigenvalue weighted by molar-refractivity contribution is 5.84. The Hall–Kier alpha value is -1.61. The summed E-state index contributed by atoms with van der Waals surface area (Å²) in [5.41, 5.74) is 1.80. The summed E-state index contributed by atoms with van der Waals surface area (Å²) < 4.78 is 5.73. The lowest BCUT2D eigenvalue weighted by Gasteiger charge is -2.18. The molecule has 0 aliphatic heterocycles. The molecule has 1 N–H and O–H groups in total. The molecule has 2 unspecified atom stereocenters. The maximum atomic E-state index is 9.46. The molecule has 17 heavy (non-hydrogen) atoms. The molecule has 3 nitrogen and oxygen atoms in total. The van der Waals surface area contributed by atoms with Crippen LogP contribution in [0.15, 0.2) is 30.3 Å². The van der Waals surface area contributed by atoms with Crippen molar-refractivity contribution in [2.24, 2.45) is 0 Å². The Bertz CT molecular complexity index is 523. The molecule has 1 aromatic carbocycles. The predicted molar refractivity (Wildman–Crippen MR) is 68.3 cm³/mol. The van der Waals surface area contributed by atoms with Crippen molar-refractivity contribution in [3.63, 3.8) is 0 Å². The van der Waals surface area contributed by atoms with E-state index in [0.29, 0.717) is 0 Å². The Morgan fingerprint density at radius 2 is 1.94 bits per heavy atom. The Labute approximate surface area is 101 Å². The smallest absolute Gasteiger partial charge is 0.146 e. The SMILES string of the molecule is Cc1ccc2cccc(OC(C)C(C)O)c2n1. The van der Waals surface area contributed by atoms with Gasteiger partial charge in [0.1, 0.15) is 17.4 Å². The number of aliphatic hydroxyl groups is 1. The number of rotatable bonds is 3. The summed E-state index contributed by atoms with van der Waals surface area (Å²) >= 11 is 0. The number of hydrogen-bond acceptors (Lipinski definition) is 3. The molecule has 0 saturated carbocycles. The molecule has 0 aliphatic rings. The fourth-order valence-electron chi connectivity index (χ4n) is 1.61. The van der Waals surface area contributed by atoms with Crippen molar-refractivity contribution in [1.82, 2.24) is 4.98 Å². The maximum Gasteiger partial charge on any atom is 0.146 e. The Morgan fingerprint density at radius 1 is 1.18 bits per heavy atom. The van der Waals surface area contributed by atoms with E-state index < -0.39 is 6.10 Å². The number of fused-ring (bicyclic) bond motifs is 1. The lowest BCUT2D eigenvalue weighted by Crippen LogP contribution is -2.25. The zero-order chi connectivity index (χ0) is 12.4. The summed E-state index contributed by atoms with van der Waals surface area (Å²) in [6.45, 7) is 5.52. The normalized spacial score (nSPS) is 14.6. The molecule has 0 saturated heterocycles. The average molecular weight is 231 g/mol. The molecule has 0 aliphatic carbocycles. The fraction of sp³-hybridized carbons (Fsp3) is 0.357. The Kier molecular flexibility index (Phi) is 3.29. The van der Waals surface area contributed by atoms with E-state index >= 15 is 0 Å². The van der Waals surface area contributed by atoms with E-state index in [2.05, 4.69) is 4.98 Å². The first-order chi connectivity index (χ1) is 8.08. The van der Waals surface area contributed by atoms with Crippen molar-refractivity contribution in [2.45, 2.75) is 33.0 Å². The van der Waals surface area contributed by atoms with Crippen molar-refractivity contribution in [3.05, 3.63) is 36.0 Å². The predicted octanol–water partition coefficient (Wildman–Crippen LogP) is 2.69. The van der Waals surface area contributed by atoms with Gasteiger partial charge in [0.15, 0.2) is 0 Å². The lowest BCUT2D eigenvalue weighted by atomic mass is 10.2. The number of hydrogen-bond donors (Lipinski definition) is 1. The highest BCUT2D eigenvalue weighted by Crippen LogP contribution is 2.25. The minimum atomic E-state index is -0.505. The molecule has 0 radical (unpaired) electrons. The van der Waals surface area contributed by atoms with Crippen LogP contribution < -0.4 is 4.74 Å². The molecule has 0 amide bonds. The number of benzene rings is 1. The standard InChI is InChI=1S/C14H17NO2/c1-9-7-8-12-5-4-6-13(14(12)15-9)17-11(3)10(2)16/h4-8,10-11,16H,1-3H3. The summed E-state index contributed by atoms with van der Waals surface area (Å²) in [5, 5.41) is 10.5. The van der Waals surface area contributed by atoms with Gasteiger partial charge in [0.05, 0.1) is 6.10 Å². The summed E-state index contributed by atoms with van der Waals surface area (Å²) in [6.07, 6.45) is -0.752. The zero-order valence-electron chi connectivity index (χ0n) is 10.3. The molecular weight excluding hydrogens is 214 g/mol. The molecule has 2 rings (SSSR count). The van der Waals surface area contributed by atoms with E-state index in [4.69, 9.17) is 4.74 Å². The second kappa shape index (κ2) is 4.72. The fourth-order valence-corrected chi connectivity index (χ4v) is 1.61. The molecule has 0 bridgehead atoms. The highest BCUT2D eigenvalue weighted by Gasteiger charge is 2.12. The van der Waals surface area contributed by atoms with Crippen LogP contribution in [-0.4, -0.2) is 22.3 Å². The van der Waals surface area contributed by atoms with Gasteiger partial charge >= 0.3 is 0 Å². The van der Waals surface area contributed by atoms with E-state index in [1.165, 1.54) is 0 Å². The number of nitrogens with zero attached hydrogens (tertiary/aromatic N) is 1. The van der Waals surface area contributed by atoms with Crippen molar-refractivity contribution in [2.75, 3.05) is 0 Å². The van der Waals surface area contributed by atoms with Gasteiger partial charge in [-0.1, -0.05) is 18.2 Å². The van der Waals surface area contributed by atoms with Gasteiger partial charge in [0.25, 0.3) is 0 Å². The average Bonchev–Trinajstić information content (AvgIpc) is 2.29. The van der Waals surface area contributed by atoms with Gasteiger partial charge in [-0.15, -0.1) is 0 Å². The van der Waals surface area contributed by atoms with Gasteiger partial charge in [-0.3, -0.25) is 0 Å². The van der Waals surface area contributed by atoms with Crippen LogP contribution in [0, 0.1) is 6.92 Å². The van der Waals surface area contributed by atoms with Crippen LogP contribution >= 0.6 is 0 Å². The second-order valence-corrected chi connectivity index (χ2v) is 4.34. The molecule has 2 aromatic rings. The van der Waals surface area contributed by atoms with E-state index in [1.807, 2.05) is 44.2 Å². The Morgan fingerprint density at radius 3 is 2.65 bits per heavy atom. The van der Waals surface area contributed by atoms with Crippen LogP contribution in [0.4, 0.5) is 0 Å². The number of aliphatic hydroxyl groups excluding tert-OH is 1. The van der Waals surface area contributed by atoms with Gasteiger partial charge in [-0.2, -0.15) is 0 Å². The molecule has 0 spiro atoms. The monoisotopic (exact) mass is 231 g/mol. The van der Waals surface area contributed by atoms with Gasteiger partial charge in [0, 0.05) is 11.1 Å². The van der Waals surface area contributed by atoms with E-state index in [0.717, 1.165) is 22.3 Å². The third-order valence-electron chi connectivity index (χ3n) is 2.81. The van der Waals surface area contributed by atoms with Gasteiger partial charge < -0.3 is 9.84 Å². The van der Waals surface area contributed by atoms with Gasteiger partial charge in [-0.05, 0) is 32.9 Å². The van der Waals surface area contributed by atoms with Crippen LogP contribution in [0.2, 0.25) is 0 Å². The number of ether oxygens (including phenoxy) is 1.